The summed E-state index contributed by atoms with van der Waals surface area (Å²) >= 11 is 0. The molecule has 4 aliphatic rings. The van der Waals surface area contributed by atoms with Crippen LogP contribution >= 0.6 is 0 Å². The van der Waals surface area contributed by atoms with Gasteiger partial charge in [-0.25, -0.2) is 4.68 Å². The van der Waals surface area contributed by atoms with Crippen molar-refractivity contribution in [2.24, 2.45) is 23.7 Å². The Morgan fingerprint density at radius 1 is 0.870 bits per heavy atom. The average Bonchev–Trinajstić information content (AvgIpc) is 4.07. The number of aromatic nitrogens is 3. The van der Waals surface area contributed by atoms with Crippen molar-refractivity contribution in [1.82, 2.24) is 19.9 Å². The third-order valence-electron chi connectivity index (χ3n) is 17.7. The first kappa shape index (κ1) is 60.6. The maximum Gasteiger partial charge on any atom is 0.311 e. The quantitative estimate of drug-likeness (QED) is 0.0918. The number of cyclic esters (lactones) is 1. The minimum Gasteiger partial charge on any atom is -0.494 e. The third-order valence-corrected chi connectivity index (χ3v) is 17.7. The number of aliphatic hydroxyl groups is 3. The van der Waals surface area contributed by atoms with Gasteiger partial charge in [-0.1, -0.05) is 51.1 Å². The molecule has 18 heteroatoms. The standard InChI is InChI=1S/C59H91N5O13/c1-15-48-59(11,69)53(66)38(5)51(65)35(2)31-58(10,71-14)55(39(6)52(40(7)56(68)75-48)76-50-32-57(9,70-13)54(67)41(8)74-50)77-49-30-44(29-37(4)73-49)62(12)26-18-28-72-45-23-21-43(22-24-45)47-33-60-61-64(47)34-36(3)63-27-25-42-19-16-17-20-46(42)63/h16-17,19-24,33,35-41,44,48-50,52-55,66-67,69H,15,18,25-32,34H2,1-14H3/t35-,36-,37-,38+,39+,40-,41+,44+,48-,49+,50+,52+,53-,54+,55-,57-,58-,59-/m1/s1. The molecule has 1 aromatic heterocycles. The first-order chi connectivity index (χ1) is 36.4. The van der Waals surface area contributed by atoms with Crippen LogP contribution in [0.15, 0.2) is 54.7 Å². The number of benzene rings is 2. The summed E-state index contributed by atoms with van der Waals surface area (Å²) in [5.74, 6) is -3.51. The summed E-state index contributed by atoms with van der Waals surface area (Å²) in [5.41, 5.74) is 0.468. The van der Waals surface area contributed by atoms with Gasteiger partial charge in [-0.2, -0.15) is 0 Å². The van der Waals surface area contributed by atoms with Gasteiger partial charge in [-0.15, -0.1) is 5.10 Å². The molecule has 0 unspecified atom stereocenters. The zero-order chi connectivity index (χ0) is 56.1. The van der Waals surface area contributed by atoms with Crippen molar-refractivity contribution in [2.75, 3.05) is 45.9 Å². The molecule has 4 aliphatic heterocycles. The van der Waals surface area contributed by atoms with E-state index in [9.17, 15) is 24.9 Å². The second-order valence-electron chi connectivity index (χ2n) is 23.5. The molecule has 0 spiro atoms. The Bertz CT molecular complexity index is 2390. The van der Waals surface area contributed by atoms with Gasteiger partial charge in [0.2, 0.25) is 0 Å². The fourth-order valence-electron chi connectivity index (χ4n) is 12.7. The van der Waals surface area contributed by atoms with Gasteiger partial charge in [-0.05, 0) is 124 Å². The zero-order valence-electron chi connectivity index (χ0n) is 48.3. The van der Waals surface area contributed by atoms with E-state index in [1.165, 1.54) is 25.3 Å². The number of aliphatic hydroxyl groups excluding tert-OH is 2. The third kappa shape index (κ3) is 13.6. The number of fused-ring (bicyclic) bond motifs is 1. The Morgan fingerprint density at radius 3 is 2.26 bits per heavy atom. The maximum atomic E-state index is 14.5. The summed E-state index contributed by atoms with van der Waals surface area (Å²) in [6.07, 6.45) is -2.61. The number of rotatable bonds is 17. The first-order valence-electron chi connectivity index (χ1n) is 28.2. The zero-order valence-corrected chi connectivity index (χ0v) is 48.3. The lowest BCUT2D eigenvalue weighted by molar-refractivity contribution is -0.309. The van der Waals surface area contributed by atoms with E-state index in [1.807, 2.05) is 43.8 Å². The minimum atomic E-state index is -1.97. The summed E-state index contributed by atoms with van der Waals surface area (Å²) in [6, 6.07) is 17.0. The average molecular weight is 1080 g/mol. The number of hydrogen-bond acceptors (Lipinski definition) is 17. The Hall–Kier alpha value is -4.08. The number of anilines is 1. The van der Waals surface area contributed by atoms with Gasteiger partial charge in [0.05, 0.1) is 72.7 Å². The Balaban J connectivity index is 1.05. The second-order valence-corrected chi connectivity index (χ2v) is 23.5. The number of esters is 1. The molecular weight excluding hydrogens is 987 g/mol. The van der Waals surface area contributed by atoms with E-state index in [0.29, 0.717) is 19.6 Å². The fourth-order valence-corrected chi connectivity index (χ4v) is 12.7. The van der Waals surface area contributed by atoms with Crippen LogP contribution in [0.2, 0.25) is 0 Å². The van der Waals surface area contributed by atoms with Crippen LogP contribution in [-0.4, -0.2) is 172 Å². The van der Waals surface area contributed by atoms with E-state index in [2.05, 4.69) is 70.5 Å². The van der Waals surface area contributed by atoms with Crippen molar-refractivity contribution >= 4 is 17.4 Å². The van der Waals surface area contributed by atoms with Crippen molar-refractivity contribution in [1.29, 1.82) is 0 Å². The molecule has 0 amide bonds. The molecule has 2 aromatic carbocycles. The van der Waals surface area contributed by atoms with Crippen LogP contribution in [0.4, 0.5) is 5.69 Å². The van der Waals surface area contributed by atoms with Crippen LogP contribution in [0.25, 0.3) is 11.3 Å². The van der Waals surface area contributed by atoms with Gasteiger partial charge in [0.1, 0.15) is 29.3 Å². The molecule has 3 saturated heterocycles. The SMILES string of the molecule is CC[C@H]1OC(=O)[C@H](C)[C@@H](O[C@H]2C[C@@](C)(OC)[C@@H](O)[C@H](C)O2)[C@H](C)[C@@H](O[C@H]2C[C@@H](N(C)CCCOc3ccc(-c4cnnn4C[C@@H](C)N4CCc5ccccc54)cc3)C[C@@H](C)O2)[C@](C)(OC)C[C@@H](C)C(=O)[C@H](C)[C@@H](O)[C@]1(C)O. The molecule has 0 aliphatic carbocycles. The van der Waals surface area contributed by atoms with Gasteiger partial charge < -0.3 is 63.0 Å². The Kier molecular flexibility index (Phi) is 20.1. The van der Waals surface area contributed by atoms with Crippen molar-refractivity contribution in [3.05, 3.63) is 60.3 Å². The fraction of sp³-hybridized carbons (Fsp3) is 0.729. The summed E-state index contributed by atoms with van der Waals surface area (Å²) in [6.45, 7) is 22.8. The molecular formula is C59H91N5O13. The number of carbonyl (C=O) groups excluding carboxylic acids is 2. The van der Waals surface area contributed by atoms with E-state index >= 15 is 0 Å². The highest BCUT2D eigenvalue weighted by Gasteiger charge is 2.53. The molecule has 0 saturated carbocycles. The maximum absolute atomic E-state index is 14.5. The van der Waals surface area contributed by atoms with Crippen LogP contribution in [0, 0.1) is 23.7 Å². The highest BCUT2D eigenvalue weighted by Crippen LogP contribution is 2.42. The predicted octanol–water partition coefficient (Wildman–Crippen LogP) is 7.02. The van der Waals surface area contributed by atoms with Gasteiger partial charge in [0.25, 0.3) is 0 Å². The molecule has 7 rings (SSSR count). The molecule has 18 atom stereocenters. The summed E-state index contributed by atoms with van der Waals surface area (Å²) < 4.78 is 53.6. The van der Waals surface area contributed by atoms with Gasteiger partial charge >= 0.3 is 5.97 Å². The molecule has 3 aromatic rings. The predicted molar refractivity (Wildman–Crippen MR) is 291 cm³/mol. The van der Waals surface area contributed by atoms with E-state index in [-0.39, 0.29) is 43.2 Å². The lowest BCUT2D eigenvalue weighted by Gasteiger charge is -2.49. The number of carbonyl (C=O) groups is 2. The van der Waals surface area contributed by atoms with E-state index in [4.69, 9.17) is 37.9 Å². The summed E-state index contributed by atoms with van der Waals surface area (Å²) in [5, 5.41) is 43.3. The molecule has 18 nitrogen and oxygen atoms in total. The first-order valence-corrected chi connectivity index (χ1v) is 28.2. The van der Waals surface area contributed by atoms with Crippen LogP contribution in [-0.2, 0) is 55.7 Å². The lowest BCUT2D eigenvalue weighted by Crippen LogP contribution is -2.60. The smallest absolute Gasteiger partial charge is 0.311 e. The van der Waals surface area contributed by atoms with Crippen LogP contribution in [0.5, 0.6) is 5.75 Å². The summed E-state index contributed by atoms with van der Waals surface area (Å²) in [7, 11) is 5.21. The van der Waals surface area contributed by atoms with Crippen molar-refractivity contribution in [2.45, 2.75) is 212 Å². The van der Waals surface area contributed by atoms with E-state index in [1.54, 1.807) is 48.7 Å². The van der Waals surface area contributed by atoms with Crippen LogP contribution in [0.1, 0.15) is 120 Å². The van der Waals surface area contributed by atoms with E-state index < -0.39 is 95.6 Å². The number of methoxy groups -OCH3 is 2. The number of hydrogen-bond donors (Lipinski definition) is 3. The van der Waals surface area contributed by atoms with Crippen LogP contribution < -0.4 is 9.64 Å². The molecule has 0 radical (unpaired) electrons. The highest BCUT2D eigenvalue weighted by atomic mass is 16.7. The van der Waals surface area contributed by atoms with Crippen molar-refractivity contribution < 1.29 is 62.8 Å². The Labute approximate surface area is 457 Å². The highest BCUT2D eigenvalue weighted by molar-refractivity contribution is 5.83. The minimum absolute atomic E-state index is 0.0740. The molecule has 3 N–H and O–H groups in total. The second kappa shape index (κ2) is 25.6. The van der Waals surface area contributed by atoms with Crippen LogP contribution in [0.3, 0.4) is 0 Å². The number of nitrogens with zero attached hydrogens (tertiary/aromatic N) is 5. The van der Waals surface area contributed by atoms with Crippen molar-refractivity contribution in [3.63, 3.8) is 0 Å². The number of Topliss-reactive ketones (excluding diaryl/α,β-unsaturated/α-hetero) is 1. The monoisotopic (exact) mass is 1080 g/mol. The lowest BCUT2D eigenvalue weighted by atomic mass is 9.74. The van der Waals surface area contributed by atoms with Gasteiger partial charge in [0, 0.05) is 81.2 Å². The molecule has 430 valence electrons. The van der Waals surface area contributed by atoms with Gasteiger partial charge in [-0.3, -0.25) is 9.59 Å². The Morgan fingerprint density at radius 2 is 1.57 bits per heavy atom. The largest absolute Gasteiger partial charge is 0.494 e. The van der Waals surface area contributed by atoms with E-state index in [0.717, 1.165) is 49.4 Å². The molecule has 77 heavy (non-hydrogen) atoms. The van der Waals surface area contributed by atoms with Gasteiger partial charge in [0.15, 0.2) is 12.6 Å². The normalized spacial score (nSPS) is 37.0. The number of ketones is 1. The number of ether oxygens (including phenoxy) is 8. The molecule has 0 bridgehead atoms. The summed E-state index contributed by atoms with van der Waals surface area (Å²) in [4.78, 5) is 33.6. The molecule has 3 fully saturated rings. The van der Waals surface area contributed by atoms with Crippen molar-refractivity contribution in [3.8, 4) is 17.0 Å². The topological polar surface area (TPSA) is 206 Å². The number of para-hydroxylation sites is 1. The molecule has 5 heterocycles.